The molecule has 5 nitrogen and oxygen atoms in total. The molecule has 0 aromatic heterocycles. The Labute approximate surface area is 90.9 Å². The van der Waals surface area contributed by atoms with Crippen molar-refractivity contribution in [2.24, 2.45) is 0 Å². The molecular weight excluding hydrogens is 218 g/mol. The number of amides is 1. The summed E-state index contributed by atoms with van der Waals surface area (Å²) in [7, 11) is -1.61. The predicted molar refractivity (Wildman–Crippen MR) is 55.9 cm³/mol. The van der Waals surface area contributed by atoms with Gasteiger partial charge in [0.2, 0.25) is 5.91 Å². The van der Waals surface area contributed by atoms with Crippen LogP contribution in [0.5, 0.6) is 0 Å². The van der Waals surface area contributed by atoms with E-state index in [0.717, 1.165) is 12.8 Å². The van der Waals surface area contributed by atoms with Gasteiger partial charge in [0.25, 0.3) is 0 Å². The molecule has 0 aliphatic carbocycles. The van der Waals surface area contributed by atoms with E-state index < -0.39 is 22.0 Å². The SMILES string of the molecule is CC(C(=O)O)S(=O)CC(=O)N1CCCC1. The van der Waals surface area contributed by atoms with Gasteiger partial charge < -0.3 is 10.0 Å². The zero-order valence-corrected chi connectivity index (χ0v) is 9.46. The fraction of sp³-hybridized carbons (Fsp3) is 0.778. The van der Waals surface area contributed by atoms with Crippen molar-refractivity contribution in [2.45, 2.75) is 25.0 Å². The Bertz CT molecular complexity index is 286. The Morgan fingerprint density at radius 1 is 1.40 bits per heavy atom. The first-order valence-electron chi connectivity index (χ1n) is 4.90. The second-order valence-electron chi connectivity index (χ2n) is 3.59. The number of hydrogen-bond acceptors (Lipinski definition) is 3. The largest absolute Gasteiger partial charge is 0.480 e. The van der Waals surface area contributed by atoms with E-state index >= 15 is 0 Å². The second kappa shape index (κ2) is 5.25. The molecule has 1 aliphatic rings. The Balaban J connectivity index is 2.43. The maximum Gasteiger partial charge on any atom is 0.318 e. The third-order valence-electron chi connectivity index (χ3n) is 2.47. The lowest BCUT2D eigenvalue weighted by atomic mass is 10.4. The van der Waals surface area contributed by atoms with Gasteiger partial charge in [-0.2, -0.15) is 0 Å². The van der Waals surface area contributed by atoms with Gasteiger partial charge in [-0.15, -0.1) is 0 Å². The summed E-state index contributed by atoms with van der Waals surface area (Å²) in [5, 5.41) is 7.64. The molecule has 0 spiro atoms. The quantitative estimate of drug-likeness (QED) is 0.731. The van der Waals surface area contributed by atoms with Crippen LogP contribution in [-0.4, -0.2) is 50.2 Å². The number of aliphatic carboxylic acids is 1. The number of nitrogens with zero attached hydrogens (tertiary/aromatic N) is 1. The molecule has 1 heterocycles. The van der Waals surface area contributed by atoms with Gasteiger partial charge in [0.1, 0.15) is 11.0 Å². The van der Waals surface area contributed by atoms with Crippen LogP contribution in [0.25, 0.3) is 0 Å². The number of rotatable bonds is 4. The molecule has 1 saturated heterocycles. The van der Waals surface area contributed by atoms with Crippen LogP contribution in [-0.2, 0) is 20.4 Å². The minimum atomic E-state index is -1.61. The molecule has 1 N–H and O–H groups in total. The van der Waals surface area contributed by atoms with Crippen LogP contribution in [0.15, 0.2) is 0 Å². The van der Waals surface area contributed by atoms with Gasteiger partial charge in [0, 0.05) is 23.9 Å². The van der Waals surface area contributed by atoms with Crippen LogP contribution in [0, 0.1) is 0 Å². The van der Waals surface area contributed by atoms with Gasteiger partial charge in [0.15, 0.2) is 0 Å². The molecule has 2 unspecified atom stereocenters. The summed E-state index contributed by atoms with van der Waals surface area (Å²) in [6, 6.07) is 0. The number of carbonyl (C=O) groups excluding carboxylic acids is 1. The molecule has 6 heteroatoms. The first-order chi connectivity index (χ1) is 7.02. The molecule has 86 valence electrons. The Hall–Kier alpha value is -0.910. The number of carbonyl (C=O) groups is 2. The zero-order chi connectivity index (χ0) is 11.4. The molecule has 1 fully saturated rings. The van der Waals surface area contributed by atoms with Crippen molar-refractivity contribution in [3.63, 3.8) is 0 Å². The van der Waals surface area contributed by atoms with Crippen molar-refractivity contribution in [2.75, 3.05) is 18.8 Å². The third-order valence-corrected chi connectivity index (χ3v) is 3.99. The number of likely N-dealkylation sites (tertiary alicyclic amines) is 1. The summed E-state index contributed by atoms with van der Waals surface area (Å²) in [4.78, 5) is 23.7. The highest BCUT2D eigenvalue weighted by atomic mass is 32.2. The number of carboxylic acid groups (broad SMARTS) is 1. The summed E-state index contributed by atoms with van der Waals surface area (Å²) in [6.45, 7) is 2.77. The van der Waals surface area contributed by atoms with Gasteiger partial charge >= 0.3 is 5.97 Å². The van der Waals surface area contributed by atoms with E-state index in [1.165, 1.54) is 6.92 Å². The third kappa shape index (κ3) is 3.30. The Morgan fingerprint density at radius 2 is 1.93 bits per heavy atom. The van der Waals surface area contributed by atoms with Crippen molar-refractivity contribution in [1.29, 1.82) is 0 Å². The average Bonchev–Trinajstić information content (AvgIpc) is 2.68. The minimum Gasteiger partial charge on any atom is -0.480 e. The lowest BCUT2D eigenvalue weighted by Gasteiger charge is -2.15. The number of carboxylic acids is 1. The van der Waals surface area contributed by atoms with Crippen molar-refractivity contribution >= 4 is 22.7 Å². The summed E-state index contributed by atoms with van der Waals surface area (Å²) in [5.41, 5.74) is 0. The van der Waals surface area contributed by atoms with Crippen LogP contribution in [0.2, 0.25) is 0 Å². The molecule has 0 radical (unpaired) electrons. The molecule has 0 bridgehead atoms. The molecule has 2 atom stereocenters. The van der Waals surface area contributed by atoms with Gasteiger partial charge in [-0.3, -0.25) is 13.8 Å². The lowest BCUT2D eigenvalue weighted by Crippen LogP contribution is -2.35. The van der Waals surface area contributed by atoms with E-state index in [1.54, 1.807) is 4.90 Å². The van der Waals surface area contributed by atoms with Crippen molar-refractivity contribution in [3.8, 4) is 0 Å². The zero-order valence-electron chi connectivity index (χ0n) is 8.64. The Kier molecular flexibility index (Phi) is 4.26. The molecule has 1 aliphatic heterocycles. The summed E-state index contributed by atoms with van der Waals surface area (Å²) < 4.78 is 11.4. The van der Waals surface area contributed by atoms with Gasteiger partial charge in [0.05, 0.1) is 0 Å². The molecule has 0 aromatic rings. The van der Waals surface area contributed by atoms with Gasteiger partial charge in [-0.1, -0.05) is 0 Å². The second-order valence-corrected chi connectivity index (χ2v) is 5.35. The van der Waals surface area contributed by atoms with Crippen molar-refractivity contribution < 1.29 is 18.9 Å². The highest BCUT2D eigenvalue weighted by molar-refractivity contribution is 7.87. The standard InChI is InChI=1S/C9H15NO4S/c1-7(9(12)13)15(14)6-8(11)10-4-2-3-5-10/h7H,2-6H2,1H3,(H,12,13). The molecule has 0 aromatic carbocycles. The van der Waals surface area contributed by atoms with Crippen molar-refractivity contribution in [1.82, 2.24) is 4.90 Å². The average molecular weight is 233 g/mol. The summed E-state index contributed by atoms with van der Waals surface area (Å²) >= 11 is 0. The smallest absolute Gasteiger partial charge is 0.318 e. The molecule has 1 rings (SSSR count). The topological polar surface area (TPSA) is 74.7 Å². The van der Waals surface area contributed by atoms with Gasteiger partial charge in [-0.25, -0.2) is 0 Å². The van der Waals surface area contributed by atoms with Crippen molar-refractivity contribution in [3.05, 3.63) is 0 Å². The highest BCUT2D eigenvalue weighted by Gasteiger charge is 2.25. The van der Waals surface area contributed by atoms with Crippen LogP contribution in [0.4, 0.5) is 0 Å². The maximum absolute atomic E-state index is 11.5. The number of hydrogen-bond donors (Lipinski definition) is 1. The predicted octanol–water partition coefficient (Wildman–Crippen LogP) is -0.169. The van der Waals surface area contributed by atoms with E-state index in [-0.39, 0.29) is 11.7 Å². The van der Waals surface area contributed by atoms with Crippen LogP contribution in [0.3, 0.4) is 0 Å². The summed E-state index contributed by atoms with van der Waals surface area (Å²) in [6.07, 6.45) is 1.96. The molecule has 1 amide bonds. The van der Waals surface area contributed by atoms with E-state index in [0.29, 0.717) is 13.1 Å². The highest BCUT2D eigenvalue weighted by Crippen LogP contribution is 2.08. The fourth-order valence-corrected chi connectivity index (χ4v) is 2.32. The van der Waals surface area contributed by atoms with Gasteiger partial charge in [-0.05, 0) is 19.8 Å². The normalized spacial score (nSPS) is 19.9. The minimum absolute atomic E-state index is 0.173. The van der Waals surface area contributed by atoms with Crippen LogP contribution < -0.4 is 0 Å². The monoisotopic (exact) mass is 233 g/mol. The first-order valence-corrected chi connectivity index (χ1v) is 6.28. The fourth-order valence-electron chi connectivity index (χ4n) is 1.42. The maximum atomic E-state index is 11.5. The molecular formula is C9H15NO4S. The van der Waals surface area contributed by atoms with E-state index in [4.69, 9.17) is 5.11 Å². The molecule has 0 saturated carbocycles. The molecule has 15 heavy (non-hydrogen) atoms. The Morgan fingerprint density at radius 3 is 2.40 bits per heavy atom. The van der Waals surface area contributed by atoms with E-state index in [9.17, 15) is 13.8 Å². The first kappa shape index (κ1) is 12.2. The van der Waals surface area contributed by atoms with Crippen LogP contribution >= 0.6 is 0 Å². The van der Waals surface area contributed by atoms with Crippen LogP contribution in [0.1, 0.15) is 19.8 Å². The summed E-state index contributed by atoms with van der Waals surface area (Å²) in [5.74, 6) is -1.49. The van der Waals surface area contributed by atoms with E-state index in [2.05, 4.69) is 0 Å². The van der Waals surface area contributed by atoms with E-state index in [1.807, 2.05) is 0 Å². The lowest BCUT2D eigenvalue weighted by molar-refractivity contribution is -0.136.